The van der Waals surface area contributed by atoms with E-state index in [9.17, 15) is 9.59 Å². The van der Waals surface area contributed by atoms with Crippen molar-refractivity contribution in [1.82, 2.24) is 0 Å². The van der Waals surface area contributed by atoms with Gasteiger partial charge >= 0.3 is 5.97 Å². The van der Waals surface area contributed by atoms with Gasteiger partial charge < -0.3 is 23.7 Å². The van der Waals surface area contributed by atoms with Crippen LogP contribution in [-0.4, -0.2) is 33.1 Å². The van der Waals surface area contributed by atoms with Gasteiger partial charge in [0.05, 0.1) is 32.8 Å². The van der Waals surface area contributed by atoms with Crippen LogP contribution in [0.3, 0.4) is 0 Å². The van der Waals surface area contributed by atoms with E-state index in [1.807, 2.05) is 0 Å². The molecule has 1 heterocycles. The fourth-order valence-corrected chi connectivity index (χ4v) is 3.13. The van der Waals surface area contributed by atoms with Gasteiger partial charge in [0.2, 0.25) is 11.5 Å². The van der Waals surface area contributed by atoms with Gasteiger partial charge in [-0.2, -0.15) is 0 Å². The molecule has 0 spiro atoms. The standard InChI is InChI=1S/C22H20O7/c1-25-16-9-6-13(20(26-2)21(16)27-3)10-18-19(23)15-8-7-14(11-17(15)29-18)28-22(24)12-4-5-12/h6-12H,4-5H2,1-3H3. The topological polar surface area (TPSA) is 80.3 Å². The van der Waals surface area contributed by atoms with E-state index in [1.54, 1.807) is 36.4 Å². The number of esters is 1. The number of methoxy groups -OCH3 is 3. The lowest BCUT2D eigenvalue weighted by atomic mass is 10.1. The van der Waals surface area contributed by atoms with E-state index in [-0.39, 0.29) is 23.4 Å². The van der Waals surface area contributed by atoms with E-state index in [0.29, 0.717) is 39.9 Å². The van der Waals surface area contributed by atoms with Gasteiger partial charge in [0.15, 0.2) is 17.3 Å². The van der Waals surface area contributed by atoms with Crippen LogP contribution in [-0.2, 0) is 4.79 Å². The fraction of sp³-hybridized carbons (Fsp3) is 0.273. The zero-order valence-electron chi connectivity index (χ0n) is 16.3. The number of carbonyl (C=O) groups excluding carboxylic acids is 2. The van der Waals surface area contributed by atoms with Gasteiger partial charge in [-0.15, -0.1) is 0 Å². The molecular formula is C22H20O7. The summed E-state index contributed by atoms with van der Waals surface area (Å²) in [5.74, 6) is 1.66. The molecule has 7 nitrogen and oxygen atoms in total. The van der Waals surface area contributed by atoms with Crippen LogP contribution >= 0.6 is 0 Å². The Morgan fingerprint density at radius 3 is 2.45 bits per heavy atom. The molecule has 4 rings (SSSR count). The molecule has 0 bridgehead atoms. The molecule has 0 amide bonds. The van der Waals surface area contributed by atoms with E-state index < -0.39 is 0 Å². The van der Waals surface area contributed by atoms with Crippen LogP contribution in [0.1, 0.15) is 28.8 Å². The molecule has 1 fully saturated rings. The Kier molecular flexibility index (Phi) is 4.88. The number of hydrogen-bond donors (Lipinski definition) is 0. The summed E-state index contributed by atoms with van der Waals surface area (Å²) in [6, 6.07) is 8.21. The highest BCUT2D eigenvalue weighted by Gasteiger charge is 2.33. The Hall–Kier alpha value is -3.48. The van der Waals surface area contributed by atoms with Gasteiger partial charge in [0.1, 0.15) is 11.5 Å². The molecule has 1 aliphatic carbocycles. The number of ketones is 1. The molecule has 1 saturated carbocycles. The Morgan fingerprint density at radius 1 is 1.03 bits per heavy atom. The second-order valence-corrected chi connectivity index (χ2v) is 6.72. The second kappa shape index (κ2) is 7.50. The average Bonchev–Trinajstić information content (AvgIpc) is 3.53. The summed E-state index contributed by atoms with van der Waals surface area (Å²) in [5.41, 5.74) is 1.00. The number of Topliss-reactive ketones (excluding diaryl/α,β-unsaturated/α-hetero) is 1. The van der Waals surface area contributed by atoms with Gasteiger partial charge in [-0.1, -0.05) is 0 Å². The summed E-state index contributed by atoms with van der Waals surface area (Å²) in [6.07, 6.45) is 3.30. The average molecular weight is 396 g/mol. The second-order valence-electron chi connectivity index (χ2n) is 6.72. The van der Waals surface area contributed by atoms with Crippen molar-refractivity contribution in [3.8, 4) is 28.7 Å². The molecule has 1 aliphatic heterocycles. The van der Waals surface area contributed by atoms with Gasteiger partial charge in [0, 0.05) is 11.6 Å². The zero-order chi connectivity index (χ0) is 20.5. The van der Waals surface area contributed by atoms with Crippen molar-refractivity contribution in [3.63, 3.8) is 0 Å². The van der Waals surface area contributed by atoms with Crippen molar-refractivity contribution in [1.29, 1.82) is 0 Å². The molecule has 0 aromatic heterocycles. The molecule has 0 atom stereocenters. The first-order valence-corrected chi connectivity index (χ1v) is 9.14. The summed E-state index contributed by atoms with van der Waals surface area (Å²) in [6.45, 7) is 0. The van der Waals surface area contributed by atoms with Crippen molar-refractivity contribution in [2.75, 3.05) is 21.3 Å². The highest BCUT2D eigenvalue weighted by molar-refractivity contribution is 6.14. The minimum Gasteiger partial charge on any atom is -0.493 e. The van der Waals surface area contributed by atoms with Crippen molar-refractivity contribution < 1.29 is 33.3 Å². The zero-order valence-corrected chi connectivity index (χ0v) is 16.3. The number of allylic oxidation sites excluding steroid dienone is 1. The van der Waals surface area contributed by atoms with Crippen LogP contribution in [0.5, 0.6) is 28.7 Å². The van der Waals surface area contributed by atoms with Crippen LogP contribution in [0, 0.1) is 5.92 Å². The Morgan fingerprint density at radius 2 is 1.79 bits per heavy atom. The lowest BCUT2D eigenvalue weighted by Gasteiger charge is -2.14. The minimum absolute atomic E-state index is 0.0150. The van der Waals surface area contributed by atoms with Crippen molar-refractivity contribution >= 4 is 17.8 Å². The third kappa shape index (κ3) is 3.51. The predicted octanol–water partition coefficient (Wildman–Crippen LogP) is 3.64. The van der Waals surface area contributed by atoms with Crippen LogP contribution in [0.15, 0.2) is 36.1 Å². The lowest BCUT2D eigenvalue weighted by Crippen LogP contribution is -2.09. The van der Waals surface area contributed by atoms with E-state index in [1.165, 1.54) is 21.3 Å². The third-order valence-electron chi connectivity index (χ3n) is 4.79. The van der Waals surface area contributed by atoms with Crippen molar-refractivity contribution in [3.05, 3.63) is 47.2 Å². The predicted molar refractivity (Wildman–Crippen MR) is 104 cm³/mol. The van der Waals surface area contributed by atoms with Crippen LogP contribution in [0.2, 0.25) is 0 Å². The van der Waals surface area contributed by atoms with Crippen LogP contribution in [0.25, 0.3) is 6.08 Å². The monoisotopic (exact) mass is 396 g/mol. The maximum atomic E-state index is 12.7. The fourth-order valence-electron chi connectivity index (χ4n) is 3.13. The maximum absolute atomic E-state index is 12.7. The Labute approximate surface area is 167 Å². The quantitative estimate of drug-likeness (QED) is 0.419. The third-order valence-corrected chi connectivity index (χ3v) is 4.79. The van der Waals surface area contributed by atoms with E-state index in [4.69, 9.17) is 23.7 Å². The molecule has 150 valence electrons. The first kappa shape index (κ1) is 18.9. The summed E-state index contributed by atoms with van der Waals surface area (Å²) in [5, 5.41) is 0. The summed E-state index contributed by atoms with van der Waals surface area (Å²) >= 11 is 0. The van der Waals surface area contributed by atoms with E-state index in [2.05, 4.69) is 0 Å². The number of ether oxygens (including phenoxy) is 5. The van der Waals surface area contributed by atoms with Crippen LogP contribution in [0.4, 0.5) is 0 Å². The van der Waals surface area contributed by atoms with E-state index in [0.717, 1.165) is 12.8 Å². The summed E-state index contributed by atoms with van der Waals surface area (Å²) < 4.78 is 27.2. The Balaban J connectivity index is 1.63. The molecule has 2 aromatic carbocycles. The molecular weight excluding hydrogens is 376 g/mol. The molecule has 0 unspecified atom stereocenters. The smallest absolute Gasteiger partial charge is 0.314 e. The number of carbonyl (C=O) groups is 2. The molecule has 29 heavy (non-hydrogen) atoms. The molecule has 2 aliphatic rings. The number of hydrogen-bond acceptors (Lipinski definition) is 7. The first-order valence-electron chi connectivity index (χ1n) is 9.14. The number of fused-ring (bicyclic) bond motifs is 1. The largest absolute Gasteiger partial charge is 0.493 e. The van der Waals surface area contributed by atoms with Crippen LogP contribution < -0.4 is 23.7 Å². The molecule has 0 N–H and O–H groups in total. The number of benzene rings is 2. The van der Waals surface area contributed by atoms with Crippen molar-refractivity contribution in [2.24, 2.45) is 5.92 Å². The van der Waals surface area contributed by atoms with Gasteiger partial charge in [-0.3, -0.25) is 9.59 Å². The minimum atomic E-state index is -0.267. The Bertz CT molecular complexity index is 1020. The van der Waals surface area contributed by atoms with Gasteiger partial charge in [-0.25, -0.2) is 0 Å². The summed E-state index contributed by atoms with van der Waals surface area (Å²) in [4.78, 5) is 24.6. The normalized spacial score (nSPS) is 16.2. The molecule has 7 heteroatoms. The summed E-state index contributed by atoms with van der Waals surface area (Å²) in [7, 11) is 4.55. The highest BCUT2D eigenvalue weighted by atomic mass is 16.5. The molecule has 0 radical (unpaired) electrons. The first-order chi connectivity index (χ1) is 14.0. The van der Waals surface area contributed by atoms with Gasteiger partial charge in [-0.05, 0) is 43.2 Å². The maximum Gasteiger partial charge on any atom is 0.314 e. The lowest BCUT2D eigenvalue weighted by molar-refractivity contribution is -0.135. The number of rotatable bonds is 6. The highest BCUT2D eigenvalue weighted by Crippen LogP contribution is 2.42. The SMILES string of the molecule is COc1ccc(C=C2Oc3cc(OC(=O)C4CC4)ccc3C2=O)c(OC)c1OC. The van der Waals surface area contributed by atoms with Crippen molar-refractivity contribution in [2.45, 2.75) is 12.8 Å². The molecule has 2 aromatic rings. The van der Waals surface area contributed by atoms with E-state index >= 15 is 0 Å². The van der Waals surface area contributed by atoms with Gasteiger partial charge in [0.25, 0.3) is 0 Å². The molecule has 0 saturated heterocycles.